The van der Waals surface area contributed by atoms with Crippen molar-refractivity contribution in [1.82, 2.24) is 9.80 Å². The van der Waals surface area contributed by atoms with Crippen LogP contribution in [0.3, 0.4) is 0 Å². The fourth-order valence-electron chi connectivity index (χ4n) is 1.48. The molecule has 1 unspecified atom stereocenters. The van der Waals surface area contributed by atoms with Gasteiger partial charge in [0.15, 0.2) is 0 Å². The average Bonchev–Trinajstić information content (AvgIpc) is 2.13. The van der Waals surface area contributed by atoms with Gasteiger partial charge < -0.3 is 9.80 Å². The van der Waals surface area contributed by atoms with Gasteiger partial charge in [0.05, 0.1) is 0 Å². The van der Waals surface area contributed by atoms with Gasteiger partial charge in [-0.1, -0.05) is 29.3 Å². The topological polar surface area (TPSA) is 6.48 Å². The van der Waals surface area contributed by atoms with Gasteiger partial charge >= 0.3 is 0 Å². The fourth-order valence-corrected chi connectivity index (χ4v) is 2.14. The van der Waals surface area contributed by atoms with Crippen LogP contribution in [-0.4, -0.2) is 55.9 Å². The van der Waals surface area contributed by atoms with Crippen LogP contribution >= 0.6 is 15.9 Å². The molecule has 0 aliphatic rings. The highest BCUT2D eigenvalue weighted by Gasteiger charge is 2.07. The summed E-state index contributed by atoms with van der Waals surface area (Å²) in [7, 11) is 6.49. The highest BCUT2D eigenvalue weighted by Crippen LogP contribution is 2.08. The third kappa shape index (κ3) is 7.77. The van der Waals surface area contributed by atoms with Gasteiger partial charge in [0.25, 0.3) is 0 Å². The Kier molecular flexibility index (Phi) is 8.94. The molecule has 0 amide bonds. The number of hydrogen-bond acceptors (Lipinski definition) is 2. The quantitative estimate of drug-likeness (QED) is 0.621. The van der Waals surface area contributed by atoms with E-state index in [0.717, 1.165) is 11.2 Å². The molecule has 0 saturated carbocycles. The number of alkyl halides is 1. The van der Waals surface area contributed by atoms with Crippen molar-refractivity contribution in [2.75, 3.05) is 46.1 Å². The largest absolute Gasteiger partial charge is 0.309 e. The number of nitrogens with zero attached hydrogens (tertiary/aromatic N) is 2. The zero-order valence-electron chi connectivity index (χ0n) is 10.1. The highest BCUT2D eigenvalue weighted by molar-refractivity contribution is 9.09. The lowest BCUT2D eigenvalue weighted by atomic mass is 10.1. The predicted molar refractivity (Wildman–Crippen MR) is 68.2 cm³/mol. The summed E-state index contributed by atoms with van der Waals surface area (Å²) in [6.45, 7) is 5.88. The van der Waals surface area contributed by atoms with E-state index >= 15 is 0 Å². The van der Waals surface area contributed by atoms with Crippen LogP contribution in [0.4, 0.5) is 0 Å². The summed E-state index contributed by atoms with van der Waals surface area (Å²) in [6, 6.07) is 0. The molecule has 0 fully saturated rings. The minimum Gasteiger partial charge on any atom is -0.309 e. The maximum absolute atomic E-state index is 3.56. The van der Waals surface area contributed by atoms with Crippen molar-refractivity contribution < 1.29 is 0 Å². The molecule has 0 aromatic carbocycles. The van der Waals surface area contributed by atoms with E-state index < -0.39 is 0 Å². The summed E-state index contributed by atoms with van der Waals surface area (Å²) in [5.74, 6) is 0.805. The third-order valence-corrected chi connectivity index (χ3v) is 3.43. The SMILES string of the molecule is CCC(CBr)CN(C)CCCN(C)C. The Morgan fingerprint density at radius 3 is 2.21 bits per heavy atom. The van der Waals surface area contributed by atoms with Crippen molar-refractivity contribution in [3.63, 3.8) is 0 Å². The zero-order chi connectivity index (χ0) is 11.0. The van der Waals surface area contributed by atoms with E-state index in [1.54, 1.807) is 0 Å². The molecule has 3 heteroatoms. The van der Waals surface area contributed by atoms with E-state index in [4.69, 9.17) is 0 Å². The standard InChI is InChI=1S/C11H25BrN2/c1-5-11(9-12)10-14(4)8-6-7-13(2)3/h11H,5-10H2,1-4H3. The van der Waals surface area contributed by atoms with E-state index in [9.17, 15) is 0 Å². The van der Waals surface area contributed by atoms with Crippen LogP contribution < -0.4 is 0 Å². The second kappa shape index (κ2) is 8.69. The minimum atomic E-state index is 0.805. The van der Waals surface area contributed by atoms with Crippen LogP contribution in [0, 0.1) is 5.92 Å². The fraction of sp³-hybridized carbons (Fsp3) is 1.00. The minimum absolute atomic E-state index is 0.805. The number of rotatable bonds is 8. The van der Waals surface area contributed by atoms with Gasteiger partial charge in [-0.25, -0.2) is 0 Å². The number of halogens is 1. The molecule has 0 aromatic rings. The molecule has 0 aliphatic carbocycles. The molecule has 0 N–H and O–H groups in total. The Morgan fingerprint density at radius 2 is 1.79 bits per heavy atom. The van der Waals surface area contributed by atoms with E-state index in [-0.39, 0.29) is 0 Å². The first kappa shape index (κ1) is 14.4. The molecule has 0 heterocycles. The smallest absolute Gasteiger partial charge is 0.00717 e. The molecule has 0 bridgehead atoms. The lowest BCUT2D eigenvalue weighted by molar-refractivity contribution is 0.266. The molecule has 0 radical (unpaired) electrons. The molecule has 14 heavy (non-hydrogen) atoms. The van der Waals surface area contributed by atoms with Crippen LogP contribution in [0.25, 0.3) is 0 Å². The Bertz CT molecular complexity index is 124. The van der Waals surface area contributed by atoms with Gasteiger partial charge in [0.2, 0.25) is 0 Å². The summed E-state index contributed by atoms with van der Waals surface area (Å²) in [5.41, 5.74) is 0. The first-order valence-corrected chi connectivity index (χ1v) is 6.61. The van der Waals surface area contributed by atoms with Gasteiger partial charge in [-0.05, 0) is 46.6 Å². The van der Waals surface area contributed by atoms with Crippen LogP contribution in [0.1, 0.15) is 19.8 Å². The van der Waals surface area contributed by atoms with Crippen molar-refractivity contribution >= 4 is 15.9 Å². The molecular formula is C11H25BrN2. The summed E-state index contributed by atoms with van der Waals surface area (Å²) >= 11 is 3.56. The lowest BCUT2D eigenvalue weighted by Gasteiger charge is -2.22. The molecule has 86 valence electrons. The average molecular weight is 265 g/mol. The van der Waals surface area contributed by atoms with Crippen molar-refractivity contribution in [2.45, 2.75) is 19.8 Å². The summed E-state index contributed by atoms with van der Waals surface area (Å²) in [4.78, 5) is 4.69. The molecule has 0 rings (SSSR count). The summed E-state index contributed by atoms with van der Waals surface area (Å²) < 4.78 is 0. The van der Waals surface area contributed by atoms with Gasteiger partial charge in [0.1, 0.15) is 0 Å². The van der Waals surface area contributed by atoms with Crippen LogP contribution in [0.5, 0.6) is 0 Å². The van der Waals surface area contributed by atoms with Crippen LogP contribution in [-0.2, 0) is 0 Å². The van der Waals surface area contributed by atoms with Crippen molar-refractivity contribution in [2.24, 2.45) is 5.92 Å². The second-order valence-electron chi connectivity index (χ2n) is 4.35. The molecule has 0 aliphatic heterocycles. The Labute approximate surface area is 97.8 Å². The molecule has 0 spiro atoms. The Morgan fingerprint density at radius 1 is 1.14 bits per heavy atom. The molecule has 0 saturated heterocycles. The maximum atomic E-state index is 3.56. The van der Waals surface area contributed by atoms with Crippen molar-refractivity contribution in [3.8, 4) is 0 Å². The number of hydrogen-bond donors (Lipinski definition) is 0. The van der Waals surface area contributed by atoms with Crippen molar-refractivity contribution in [3.05, 3.63) is 0 Å². The van der Waals surface area contributed by atoms with Gasteiger partial charge in [-0.3, -0.25) is 0 Å². The van der Waals surface area contributed by atoms with Gasteiger partial charge in [-0.2, -0.15) is 0 Å². The highest BCUT2D eigenvalue weighted by atomic mass is 79.9. The zero-order valence-corrected chi connectivity index (χ0v) is 11.7. The van der Waals surface area contributed by atoms with Gasteiger partial charge in [0, 0.05) is 11.9 Å². The summed E-state index contributed by atoms with van der Waals surface area (Å²) in [6.07, 6.45) is 2.53. The van der Waals surface area contributed by atoms with E-state index in [1.807, 2.05) is 0 Å². The van der Waals surface area contributed by atoms with Crippen molar-refractivity contribution in [1.29, 1.82) is 0 Å². The second-order valence-corrected chi connectivity index (χ2v) is 5.00. The monoisotopic (exact) mass is 264 g/mol. The summed E-state index contributed by atoms with van der Waals surface area (Å²) in [5, 5.41) is 1.13. The van der Waals surface area contributed by atoms with Gasteiger partial charge in [-0.15, -0.1) is 0 Å². The maximum Gasteiger partial charge on any atom is 0.00717 e. The molecule has 1 atom stereocenters. The van der Waals surface area contributed by atoms with E-state index in [1.165, 1.54) is 32.5 Å². The normalized spacial score (nSPS) is 13.9. The van der Waals surface area contributed by atoms with Crippen LogP contribution in [0.15, 0.2) is 0 Å². The van der Waals surface area contributed by atoms with Crippen LogP contribution in [0.2, 0.25) is 0 Å². The van der Waals surface area contributed by atoms with E-state index in [0.29, 0.717) is 0 Å². The van der Waals surface area contributed by atoms with E-state index in [2.05, 4.69) is 53.8 Å². The Balaban J connectivity index is 3.48. The first-order valence-electron chi connectivity index (χ1n) is 5.49. The first-order chi connectivity index (χ1) is 6.60. The molecule has 0 aromatic heterocycles. The molecule has 2 nitrogen and oxygen atoms in total. The molecular weight excluding hydrogens is 240 g/mol. The predicted octanol–water partition coefficient (Wildman–Crippen LogP) is 2.29. The lowest BCUT2D eigenvalue weighted by Crippen LogP contribution is -2.29. The Hall–Kier alpha value is 0.400. The third-order valence-electron chi connectivity index (χ3n) is 2.51.